The van der Waals surface area contributed by atoms with Gasteiger partial charge in [0.25, 0.3) is 0 Å². The van der Waals surface area contributed by atoms with Gasteiger partial charge >= 0.3 is 0 Å². The van der Waals surface area contributed by atoms with E-state index in [-0.39, 0.29) is 18.3 Å². The first kappa shape index (κ1) is 22.9. The molecule has 0 radical (unpaired) electrons. The van der Waals surface area contributed by atoms with Gasteiger partial charge in [0.15, 0.2) is 5.78 Å². The minimum atomic E-state index is -0.779. The molecule has 1 atom stereocenters. The zero-order valence-corrected chi connectivity index (χ0v) is 17.5. The van der Waals surface area contributed by atoms with Gasteiger partial charge in [-0.05, 0) is 49.5 Å². The predicted octanol–water partition coefficient (Wildman–Crippen LogP) is 4.16. The molecule has 0 saturated carbocycles. The highest BCUT2D eigenvalue weighted by atomic mass is 35.5. The summed E-state index contributed by atoms with van der Waals surface area (Å²) in [5.74, 6) is 0.796. The zero-order chi connectivity index (χ0) is 21.1. The lowest BCUT2D eigenvalue weighted by molar-refractivity contribution is -0.120. The monoisotopic (exact) mass is 417 g/mol. The first-order chi connectivity index (χ1) is 14.0. The molecule has 0 heterocycles. The Labute approximate surface area is 177 Å². The van der Waals surface area contributed by atoms with Gasteiger partial charge in [0.05, 0.1) is 0 Å². The molecule has 0 aromatic heterocycles. The van der Waals surface area contributed by atoms with Gasteiger partial charge in [-0.25, -0.2) is 0 Å². The maximum Gasteiger partial charge on any atom is 0.219 e. The second-order valence-corrected chi connectivity index (χ2v) is 7.30. The Hall–Kier alpha value is -2.37. The molecule has 0 aliphatic heterocycles. The van der Waals surface area contributed by atoms with E-state index in [1.54, 1.807) is 37.4 Å². The molecule has 0 unspecified atom stereocenters. The van der Waals surface area contributed by atoms with E-state index in [0.29, 0.717) is 36.5 Å². The average molecular weight is 418 g/mol. The smallest absolute Gasteiger partial charge is 0.219 e. The Bertz CT molecular complexity index is 798. The van der Waals surface area contributed by atoms with Crippen LogP contribution in [0.15, 0.2) is 59.7 Å². The summed E-state index contributed by atoms with van der Waals surface area (Å²) in [4.78, 5) is 23.3. The number of rotatable bonds is 11. The van der Waals surface area contributed by atoms with Crippen LogP contribution in [-0.2, 0) is 9.59 Å². The lowest BCUT2D eigenvalue weighted by atomic mass is 10.1. The summed E-state index contributed by atoms with van der Waals surface area (Å²) in [6, 6.07) is 7.01. The van der Waals surface area contributed by atoms with Gasteiger partial charge in [-0.15, -0.1) is 0 Å². The number of amides is 1. The molecule has 0 saturated heterocycles. The van der Waals surface area contributed by atoms with E-state index < -0.39 is 6.10 Å². The molecule has 1 aromatic rings. The van der Waals surface area contributed by atoms with Gasteiger partial charge in [-0.3, -0.25) is 9.59 Å². The fourth-order valence-corrected chi connectivity index (χ4v) is 3.18. The van der Waals surface area contributed by atoms with E-state index in [4.69, 9.17) is 16.3 Å². The number of hydrogen-bond acceptors (Lipinski definition) is 4. The Morgan fingerprint density at radius 3 is 2.93 bits per heavy atom. The number of ketones is 1. The summed E-state index contributed by atoms with van der Waals surface area (Å²) in [5, 5.41) is 13.3. The van der Waals surface area contributed by atoms with Crippen LogP contribution < -0.4 is 10.1 Å². The van der Waals surface area contributed by atoms with E-state index in [1.807, 2.05) is 18.2 Å². The summed E-state index contributed by atoms with van der Waals surface area (Å²) in [6.07, 6.45) is 10.6. The summed E-state index contributed by atoms with van der Waals surface area (Å²) in [5.41, 5.74) is 1.76. The number of halogens is 1. The highest BCUT2D eigenvalue weighted by Gasteiger charge is 2.20. The number of Topliss-reactive ketones (excluding diaryl/α,β-unsaturated/α-hetero) is 1. The van der Waals surface area contributed by atoms with Crippen molar-refractivity contribution in [3.05, 3.63) is 64.7 Å². The first-order valence-corrected chi connectivity index (χ1v) is 10.2. The van der Waals surface area contributed by atoms with Gasteiger partial charge in [0, 0.05) is 30.5 Å². The molecule has 0 spiro atoms. The third-order valence-electron chi connectivity index (χ3n) is 4.62. The fourth-order valence-electron chi connectivity index (χ4n) is 3.00. The highest BCUT2D eigenvalue weighted by molar-refractivity contribution is 6.30. The van der Waals surface area contributed by atoms with Gasteiger partial charge < -0.3 is 15.2 Å². The van der Waals surface area contributed by atoms with Crippen molar-refractivity contribution in [3.8, 4) is 5.75 Å². The van der Waals surface area contributed by atoms with Gasteiger partial charge in [0.2, 0.25) is 5.91 Å². The van der Waals surface area contributed by atoms with E-state index in [2.05, 4.69) is 5.32 Å². The maximum absolute atomic E-state index is 12.1. The molecule has 6 heteroatoms. The molecule has 1 aromatic carbocycles. The van der Waals surface area contributed by atoms with Crippen molar-refractivity contribution >= 4 is 23.3 Å². The molecule has 0 bridgehead atoms. The minimum Gasteiger partial charge on any atom is -0.491 e. The minimum absolute atomic E-state index is 0.0393. The molecular formula is C23H28ClNO4. The number of ether oxygens (including phenoxy) is 1. The number of allylic oxidation sites excluding steroid dienone is 5. The van der Waals surface area contributed by atoms with Gasteiger partial charge in [-0.2, -0.15) is 0 Å². The van der Waals surface area contributed by atoms with Crippen LogP contribution in [0, 0.1) is 0 Å². The number of benzene rings is 1. The van der Waals surface area contributed by atoms with E-state index >= 15 is 0 Å². The number of unbranched alkanes of at least 4 members (excludes halogenated alkanes) is 1. The topological polar surface area (TPSA) is 75.6 Å². The lowest BCUT2D eigenvalue weighted by Crippen LogP contribution is -2.16. The van der Waals surface area contributed by atoms with Crippen molar-refractivity contribution in [1.29, 1.82) is 0 Å². The van der Waals surface area contributed by atoms with Crippen LogP contribution in [0.2, 0.25) is 5.02 Å². The molecular weight excluding hydrogens is 390 g/mol. The second-order valence-electron chi connectivity index (χ2n) is 6.86. The Balaban J connectivity index is 1.83. The lowest BCUT2D eigenvalue weighted by Gasteiger charge is -2.09. The normalized spacial score (nSPS) is 15.5. The third kappa shape index (κ3) is 8.26. The van der Waals surface area contributed by atoms with Crippen LogP contribution in [-0.4, -0.2) is 36.6 Å². The summed E-state index contributed by atoms with van der Waals surface area (Å²) in [7, 11) is 1.63. The Kier molecular flexibility index (Phi) is 9.68. The third-order valence-corrected chi connectivity index (χ3v) is 4.86. The predicted molar refractivity (Wildman–Crippen MR) is 115 cm³/mol. The summed E-state index contributed by atoms with van der Waals surface area (Å²) >= 11 is 5.91. The molecule has 1 aliphatic carbocycles. The Morgan fingerprint density at radius 1 is 1.34 bits per heavy atom. The van der Waals surface area contributed by atoms with Crippen molar-refractivity contribution in [1.82, 2.24) is 5.32 Å². The molecule has 156 valence electrons. The quantitative estimate of drug-likeness (QED) is 0.418. The standard InChI is InChI=1S/C23H28ClNO4/c1-25-23(28)10-5-3-2-4-9-21-17(12-14-22(21)27)11-13-19(26)16-29-20-8-6-7-18(24)15-20/h2,4,6-8,11,13,15,19,26H,3,5,9-10,12,14,16H2,1H3,(H,25,28)/t19-/m1/s1. The molecule has 1 amide bonds. The molecule has 5 nitrogen and oxygen atoms in total. The highest BCUT2D eigenvalue weighted by Crippen LogP contribution is 2.27. The van der Waals surface area contributed by atoms with Gasteiger partial charge in [0.1, 0.15) is 18.5 Å². The van der Waals surface area contributed by atoms with Crippen molar-refractivity contribution < 1.29 is 19.4 Å². The SMILES string of the molecule is CNC(=O)CCCC=CCC1=C(C=C[C@@H](O)COc2cccc(Cl)c2)CCC1=O. The van der Waals surface area contributed by atoms with Crippen LogP contribution >= 0.6 is 11.6 Å². The van der Waals surface area contributed by atoms with Crippen molar-refractivity contribution in [2.75, 3.05) is 13.7 Å². The number of carbonyl (C=O) groups excluding carboxylic acids is 2. The fraction of sp³-hybridized carbons (Fsp3) is 0.391. The number of nitrogens with one attached hydrogen (secondary N) is 1. The van der Waals surface area contributed by atoms with E-state index in [0.717, 1.165) is 24.0 Å². The van der Waals surface area contributed by atoms with Crippen LogP contribution in [0.3, 0.4) is 0 Å². The molecule has 2 N–H and O–H groups in total. The zero-order valence-electron chi connectivity index (χ0n) is 16.7. The Morgan fingerprint density at radius 2 is 2.17 bits per heavy atom. The number of aliphatic hydroxyl groups is 1. The molecule has 29 heavy (non-hydrogen) atoms. The average Bonchev–Trinajstić information content (AvgIpc) is 3.06. The number of aliphatic hydroxyl groups excluding tert-OH is 1. The molecule has 2 rings (SSSR count). The molecule has 0 fully saturated rings. The van der Waals surface area contributed by atoms with Crippen LogP contribution in [0.5, 0.6) is 5.75 Å². The van der Waals surface area contributed by atoms with Crippen LogP contribution in [0.4, 0.5) is 0 Å². The molecule has 1 aliphatic rings. The van der Waals surface area contributed by atoms with Crippen LogP contribution in [0.1, 0.15) is 38.5 Å². The van der Waals surface area contributed by atoms with Crippen molar-refractivity contribution in [3.63, 3.8) is 0 Å². The maximum atomic E-state index is 12.1. The van der Waals surface area contributed by atoms with Crippen molar-refractivity contribution in [2.45, 2.75) is 44.6 Å². The van der Waals surface area contributed by atoms with Crippen molar-refractivity contribution in [2.24, 2.45) is 0 Å². The number of hydrogen-bond donors (Lipinski definition) is 2. The summed E-state index contributed by atoms with van der Waals surface area (Å²) < 4.78 is 5.53. The first-order valence-electron chi connectivity index (χ1n) is 9.85. The number of carbonyl (C=O) groups is 2. The van der Waals surface area contributed by atoms with Gasteiger partial charge in [-0.1, -0.05) is 42.0 Å². The summed E-state index contributed by atoms with van der Waals surface area (Å²) in [6.45, 7) is 0.110. The second kappa shape index (κ2) is 12.2. The largest absolute Gasteiger partial charge is 0.491 e. The van der Waals surface area contributed by atoms with E-state index in [1.165, 1.54) is 0 Å². The van der Waals surface area contributed by atoms with E-state index in [9.17, 15) is 14.7 Å². The van der Waals surface area contributed by atoms with Crippen LogP contribution in [0.25, 0.3) is 0 Å².